The third-order valence-electron chi connectivity index (χ3n) is 5.32. The van der Waals surface area contributed by atoms with Crippen molar-refractivity contribution in [1.82, 2.24) is 14.9 Å². The van der Waals surface area contributed by atoms with Crippen molar-refractivity contribution in [3.63, 3.8) is 0 Å². The van der Waals surface area contributed by atoms with Crippen molar-refractivity contribution >= 4 is 38.6 Å². The second-order valence-corrected chi connectivity index (χ2v) is 10.4. The lowest BCUT2D eigenvalue weighted by Crippen LogP contribution is -2.56. The number of fused-ring (bicyclic) bond motifs is 1. The first-order valence-electron chi connectivity index (χ1n) is 10.6. The summed E-state index contributed by atoms with van der Waals surface area (Å²) in [5.41, 5.74) is 0.527. The second kappa shape index (κ2) is 9.83. The predicted molar refractivity (Wildman–Crippen MR) is 120 cm³/mol. The van der Waals surface area contributed by atoms with Crippen molar-refractivity contribution in [1.29, 1.82) is 0 Å². The number of para-hydroxylation sites is 1. The minimum atomic E-state index is -4.05. The minimum absolute atomic E-state index is 0.00976. The molecule has 174 valence electrons. The van der Waals surface area contributed by atoms with E-state index in [1.54, 1.807) is 24.3 Å². The number of nitrogens with zero attached hydrogens (tertiary/aromatic N) is 1. The van der Waals surface area contributed by atoms with Crippen molar-refractivity contribution in [2.45, 2.75) is 45.2 Å². The van der Waals surface area contributed by atoms with Crippen LogP contribution in [-0.2, 0) is 19.6 Å². The molecule has 1 aromatic heterocycles. The van der Waals surface area contributed by atoms with Gasteiger partial charge in [-0.05, 0) is 43.9 Å². The first-order chi connectivity index (χ1) is 15.1. The fraction of sp³-hybridized carbons (Fsp3) is 0.500. The summed E-state index contributed by atoms with van der Waals surface area (Å²) in [6.07, 6.45) is 1.90. The van der Waals surface area contributed by atoms with Gasteiger partial charge < -0.3 is 15.1 Å². The van der Waals surface area contributed by atoms with Crippen LogP contribution in [0.4, 0.5) is 0 Å². The largest absolute Gasteiger partial charge is 0.451 e. The van der Waals surface area contributed by atoms with Gasteiger partial charge in [-0.1, -0.05) is 32.0 Å². The Balaban J connectivity index is 1.90. The highest BCUT2D eigenvalue weighted by Gasteiger charge is 2.40. The Morgan fingerprint density at radius 3 is 2.66 bits per heavy atom. The van der Waals surface area contributed by atoms with Gasteiger partial charge in [-0.2, -0.15) is 0 Å². The Bertz CT molecular complexity index is 1070. The molecule has 2 atom stereocenters. The molecule has 1 aliphatic heterocycles. The van der Waals surface area contributed by atoms with Crippen LogP contribution in [0.25, 0.3) is 11.0 Å². The van der Waals surface area contributed by atoms with Crippen LogP contribution >= 0.6 is 0 Å². The Labute approximate surface area is 187 Å². The lowest BCUT2D eigenvalue weighted by Gasteiger charge is -2.31. The molecule has 2 N–H and O–H groups in total. The van der Waals surface area contributed by atoms with Gasteiger partial charge in [0.15, 0.2) is 11.5 Å². The number of hydrogen-bond acceptors (Lipinski definition) is 7. The number of carbonyl (C=O) groups is 3. The molecular formula is C22H29N3O6S. The molecular weight excluding hydrogens is 434 g/mol. The SMILES string of the molecule is CC(C)C[C@H](NC(=O)c1cc2ccccc2o1)C(=O)N(C1CCCNCC1=O)S(C)(=O)=O. The van der Waals surface area contributed by atoms with Gasteiger partial charge in [0.1, 0.15) is 17.7 Å². The van der Waals surface area contributed by atoms with Gasteiger partial charge in [0, 0.05) is 5.39 Å². The standard InChI is InChI=1S/C22H29N3O6S/c1-14(2)11-16(24-21(27)20-12-15-7-4-5-9-19(15)31-20)22(28)25(32(3,29)30)17-8-6-10-23-13-18(17)26/h4-5,7,9,12,14,16-17,23H,6,8,10-11,13H2,1-3H3,(H,24,27)/t16-,17?/m0/s1. The van der Waals surface area contributed by atoms with Crippen LogP contribution in [0.5, 0.6) is 0 Å². The zero-order valence-electron chi connectivity index (χ0n) is 18.5. The number of furan rings is 1. The monoisotopic (exact) mass is 463 g/mol. The van der Waals surface area contributed by atoms with Crippen LogP contribution in [0, 0.1) is 5.92 Å². The summed E-state index contributed by atoms with van der Waals surface area (Å²) in [7, 11) is -4.05. The van der Waals surface area contributed by atoms with E-state index in [2.05, 4.69) is 10.6 Å². The van der Waals surface area contributed by atoms with Crippen LogP contribution in [0.15, 0.2) is 34.7 Å². The number of hydrogen-bond donors (Lipinski definition) is 2. The highest BCUT2D eigenvalue weighted by molar-refractivity contribution is 7.89. The molecule has 0 aliphatic carbocycles. The maximum atomic E-state index is 13.5. The van der Waals surface area contributed by atoms with E-state index in [1.807, 2.05) is 19.9 Å². The summed E-state index contributed by atoms with van der Waals surface area (Å²) in [6, 6.07) is 6.45. The lowest BCUT2D eigenvalue weighted by atomic mass is 10.0. The van der Waals surface area contributed by atoms with Gasteiger partial charge in [-0.3, -0.25) is 14.4 Å². The molecule has 0 radical (unpaired) electrons. The molecule has 0 bridgehead atoms. The van der Waals surface area contributed by atoms with Gasteiger partial charge in [-0.15, -0.1) is 0 Å². The molecule has 9 nitrogen and oxygen atoms in total. The van der Waals surface area contributed by atoms with Gasteiger partial charge in [-0.25, -0.2) is 12.7 Å². The Morgan fingerprint density at radius 2 is 2.00 bits per heavy atom. The number of ketones is 1. The molecule has 1 aromatic carbocycles. The van der Waals surface area contributed by atoms with Gasteiger partial charge in [0.05, 0.1) is 12.8 Å². The van der Waals surface area contributed by atoms with E-state index in [9.17, 15) is 22.8 Å². The molecule has 2 aromatic rings. The van der Waals surface area contributed by atoms with E-state index < -0.39 is 33.9 Å². The highest BCUT2D eigenvalue weighted by atomic mass is 32.2. The van der Waals surface area contributed by atoms with E-state index in [-0.39, 0.29) is 36.8 Å². The predicted octanol–water partition coefficient (Wildman–Crippen LogP) is 1.69. The van der Waals surface area contributed by atoms with Crippen molar-refractivity contribution in [3.05, 3.63) is 36.1 Å². The number of sulfonamides is 1. The summed E-state index contributed by atoms with van der Waals surface area (Å²) >= 11 is 0. The molecule has 3 rings (SSSR count). The van der Waals surface area contributed by atoms with Crippen LogP contribution in [-0.4, -0.2) is 61.7 Å². The van der Waals surface area contributed by atoms with Crippen molar-refractivity contribution < 1.29 is 27.2 Å². The first-order valence-corrected chi connectivity index (χ1v) is 12.5. The molecule has 1 unspecified atom stereocenters. The van der Waals surface area contributed by atoms with E-state index in [0.29, 0.717) is 22.9 Å². The average molecular weight is 464 g/mol. The van der Waals surface area contributed by atoms with Crippen LogP contribution in [0.2, 0.25) is 0 Å². The van der Waals surface area contributed by atoms with E-state index in [4.69, 9.17) is 4.42 Å². The number of nitrogens with one attached hydrogen (secondary N) is 2. The Kier molecular flexibility index (Phi) is 7.35. The summed E-state index contributed by atoms with van der Waals surface area (Å²) in [6.45, 7) is 4.27. The van der Waals surface area contributed by atoms with Crippen LogP contribution in [0.3, 0.4) is 0 Å². The lowest BCUT2D eigenvalue weighted by molar-refractivity contribution is -0.135. The van der Waals surface area contributed by atoms with Crippen molar-refractivity contribution in [3.8, 4) is 0 Å². The molecule has 1 fully saturated rings. The fourth-order valence-electron chi connectivity index (χ4n) is 3.88. The zero-order valence-corrected chi connectivity index (χ0v) is 19.3. The van der Waals surface area contributed by atoms with Gasteiger partial charge in [0.25, 0.3) is 11.8 Å². The van der Waals surface area contributed by atoms with Gasteiger partial charge >= 0.3 is 0 Å². The van der Waals surface area contributed by atoms with Crippen LogP contribution < -0.4 is 10.6 Å². The number of carbonyl (C=O) groups excluding carboxylic acids is 3. The topological polar surface area (TPSA) is 126 Å². The summed E-state index contributed by atoms with van der Waals surface area (Å²) in [4.78, 5) is 38.9. The summed E-state index contributed by atoms with van der Waals surface area (Å²) in [5.74, 6) is -1.80. The number of benzene rings is 1. The number of Topliss-reactive ketones (excluding diaryl/α,β-unsaturated/α-hetero) is 1. The maximum Gasteiger partial charge on any atom is 0.287 e. The fourth-order valence-corrected chi connectivity index (χ4v) is 5.02. The second-order valence-electron chi connectivity index (χ2n) is 8.50. The normalized spacial score (nSPS) is 18.4. The molecule has 10 heteroatoms. The van der Waals surface area contributed by atoms with E-state index in [0.717, 1.165) is 11.6 Å². The van der Waals surface area contributed by atoms with Crippen molar-refractivity contribution in [2.24, 2.45) is 5.92 Å². The molecule has 2 heterocycles. The third-order valence-corrected chi connectivity index (χ3v) is 6.47. The Morgan fingerprint density at radius 1 is 1.28 bits per heavy atom. The Hall–Kier alpha value is -2.72. The van der Waals surface area contributed by atoms with E-state index >= 15 is 0 Å². The minimum Gasteiger partial charge on any atom is -0.451 e. The number of amides is 2. The molecule has 0 spiro atoms. The number of rotatable bonds is 7. The summed E-state index contributed by atoms with van der Waals surface area (Å²) < 4.78 is 31.4. The molecule has 2 amide bonds. The quantitative estimate of drug-likeness (QED) is 0.640. The molecule has 1 aliphatic rings. The van der Waals surface area contributed by atoms with Crippen molar-refractivity contribution in [2.75, 3.05) is 19.3 Å². The maximum absolute atomic E-state index is 13.5. The first kappa shape index (κ1) is 23.9. The molecule has 1 saturated heterocycles. The van der Waals surface area contributed by atoms with Gasteiger partial charge in [0.2, 0.25) is 10.0 Å². The molecule has 32 heavy (non-hydrogen) atoms. The summed E-state index contributed by atoms with van der Waals surface area (Å²) in [5, 5.41) is 6.30. The smallest absolute Gasteiger partial charge is 0.287 e. The average Bonchev–Trinajstić information content (AvgIpc) is 3.04. The van der Waals surface area contributed by atoms with E-state index in [1.165, 1.54) is 0 Å². The highest BCUT2D eigenvalue weighted by Crippen LogP contribution is 2.21. The zero-order chi connectivity index (χ0) is 23.5. The van der Waals surface area contributed by atoms with Crippen LogP contribution in [0.1, 0.15) is 43.7 Å². The molecule has 0 saturated carbocycles. The third kappa shape index (κ3) is 5.55.